The van der Waals surface area contributed by atoms with Gasteiger partial charge in [0.05, 0.1) is 10.8 Å². The maximum Gasteiger partial charge on any atom is 1.00 e. The Morgan fingerprint density at radius 2 is 0.381 bits per heavy atom. The van der Waals surface area contributed by atoms with Gasteiger partial charge in [0.1, 0.15) is 0 Å². The number of rotatable bonds is 7. The summed E-state index contributed by atoms with van der Waals surface area (Å²) in [6.07, 6.45) is 0. The van der Waals surface area contributed by atoms with Crippen LogP contribution < -0.4 is 42.0 Å². The molecule has 0 atom stereocenters. The summed E-state index contributed by atoms with van der Waals surface area (Å²) >= 11 is 0. The Labute approximate surface area is 280 Å². The average Bonchev–Trinajstić information content (AvgIpc) is 3.07. The number of hydrogen-bond acceptors (Lipinski definition) is 0. The average molecular weight is 575 g/mol. The van der Waals surface area contributed by atoms with Crippen molar-refractivity contribution in [3.05, 3.63) is 215 Å². The van der Waals surface area contributed by atoms with Crippen molar-refractivity contribution in [3.63, 3.8) is 0 Å². The van der Waals surface area contributed by atoms with Crippen molar-refractivity contribution in [3.8, 4) is 0 Å². The quantitative estimate of drug-likeness (QED) is 0.199. The van der Waals surface area contributed by atoms with Gasteiger partial charge in [0.15, 0.2) is 0 Å². The van der Waals surface area contributed by atoms with E-state index in [0.29, 0.717) is 0 Å². The Kier molecular flexibility index (Phi) is 12.4. The van der Waals surface area contributed by atoms with Crippen LogP contribution in [0.3, 0.4) is 0 Å². The third-order valence-electron chi connectivity index (χ3n) is 7.80. The zero-order chi connectivity index (χ0) is 27.7. The van der Waals surface area contributed by atoms with E-state index >= 15 is 0 Å². The third-order valence-corrected chi connectivity index (χ3v) is 7.80. The molecule has 0 saturated carbocycles. The Hall–Kier alpha value is -3.39. The van der Waals surface area contributed by atoms with Crippen molar-refractivity contribution in [1.82, 2.24) is 0 Å². The second-order valence-corrected chi connectivity index (χ2v) is 9.70. The minimum atomic E-state index is -0.596. The smallest absolute Gasteiger partial charge is 1.00 e. The zero-order valence-corrected chi connectivity index (χ0v) is 27.5. The largest absolute Gasteiger partial charge is 1.00 e. The van der Waals surface area contributed by atoms with Crippen LogP contribution in [0.2, 0.25) is 0 Å². The van der Waals surface area contributed by atoms with Crippen LogP contribution in [0.4, 0.5) is 0 Å². The topological polar surface area (TPSA) is 0 Å². The molecule has 0 amide bonds. The van der Waals surface area contributed by atoms with E-state index in [0.717, 1.165) is 0 Å². The van der Waals surface area contributed by atoms with Crippen LogP contribution in [0.5, 0.6) is 0 Å². The molecule has 0 aromatic heterocycles. The Morgan fingerprint density at radius 3 is 0.500 bits per heavy atom. The first-order valence-electron chi connectivity index (χ1n) is 14.2. The van der Waals surface area contributed by atoms with Crippen LogP contribution in [0.15, 0.2) is 182 Å². The molecule has 6 aromatic carbocycles. The molecule has 0 radical (unpaired) electrons. The van der Waals surface area contributed by atoms with Gasteiger partial charge >= 0.3 is 29.6 Å². The van der Waals surface area contributed by atoms with E-state index in [4.69, 9.17) is 0 Å². The first-order chi connectivity index (χ1) is 19.9. The Bertz CT molecular complexity index is 1250. The van der Waals surface area contributed by atoms with Crippen LogP contribution in [-0.4, -0.2) is 0 Å². The summed E-state index contributed by atoms with van der Waals surface area (Å²) in [5, 5.41) is 0. The first kappa shape index (κ1) is 33.1. The summed E-state index contributed by atoms with van der Waals surface area (Å²) < 4.78 is 0. The summed E-state index contributed by atoms with van der Waals surface area (Å²) in [5.74, 6) is 0. The van der Waals surface area contributed by atoms with Gasteiger partial charge < -0.3 is 12.4 Å². The summed E-state index contributed by atoms with van der Waals surface area (Å²) in [4.78, 5) is 0. The van der Waals surface area contributed by atoms with Crippen LogP contribution in [0.1, 0.15) is 47.2 Å². The fourth-order valence-corrected chi connectivity index (χ4v) is 6.43. The maximum absolute atomic E-state index is 2.30. The maximum atomic E-state index is 2.30. The molecule has 0 aliphatic rings. The Morgan fingerprint density at radius 1 is 0.262 bits per heavy atom. The molecule has 0 nitrogen and oxygen atoms in total. The van der Waals surface area contributed by atoms with Gasteiger partial charge in [0, 0.05) is 0 Å². The predicted octanol–water partition coefficient (Wildman–Crippen LogP) is 4.09. The summed E-state index contributed by atoms with van der Waals surface area (Å²) in [7, 11) is 0. The molecule has 0 N–H and O–H groups in total. The third kappa shape index (κ3) is 5.78. The van der Waals surface area contributed by atoms with Crippen LogP contribution in [-0.2, 0) is 10.8 Å². The SMILES string of the molecule is CC.[Cl-].[Na+].c1ccc(C(c2ccccc2)(c2ccccc2)C(c2ccccc2)(c2ccccc2)c2ccccc2)cc1. The van der Waals surface area contributed by atoms with Crippen LogP contribution >= 0.6 is 0 Å². The molecule has 0 bridgehead atoms. The van der Waals surface area contributed by atoms with Gasteiger partial charge in [-0.25, -0.2) is 0 Å². The van der Waals surface area contributed by atoms with E-state index in [1.165, 1.54) is 33.4 Å². The van der Waals surface area contributed by atoms with E-state index in [2.05, 4.69) is 182 Å². The fraction of sp³-hybridized carbons (Fsp3) is 0.100. The van der Waals surface area contributed by atoms with Crippen molar-refractivity contribution >= 4 is 0 Å². The van der Waals surface area contributed by atoms with Crippen LogP contribution in [0.25, 0.3) is 0 Å². The minimum absolute atomic E-state index is 0. The van der Waals surface area contributed by atoms with Crippen molar-refractivity contribution < 1.29 is 42.0 Å². The van der Waals surface area contributed by atoms with Crippen molar-refractivity contribution in [2.45, 2.75) is 24.7 Å². The van der Waals surface area contributed by atoms with E-state index in [1.807, 2.05) is 13.8 Å². The molecule has 0 spiro atoms. The molecular weight excluding hydrogens is 539 g/mol. The molecule has 6 aromatic rings. The van der Waals surface area contributed by atoms with Crippen LogP contribution in [0, 0.1) is 0 Å². The zero-order valence-electron chi connectivity index (χ0n) is 24.7. The van der Waals surface area contributed by atoms with Gasteiger partial charge in [0.25, 0.3) is 0 Å². The molecule has 0 aliphatic carbocycles. The molecule has 42 heavy (non-hydrogen) atoms. The van der Waals surface area contributed by atoms with Gasteiger partial charge in [-0.2, -0.15) is 0 Å². The van der Waals surface area contributed by atoms with Gasteiger partial charge in [-0.3, -0.25) is 0 Å². The monoisotopic (exact) mass is 574 g/mol. The summed E-state index contributed by atoms with van der Waals surface area (Å²) in [5.41, 5.74) is 6.27. The molecular formula is C40H36ClNa. The van der Waals surface area contributed by atoms with E-state index < -0.39 is 10.8 Å². The molecule has 2 heteroatoms. The predicted molar refractivity (Wildman–Crippen MR) is 170 cm³/mol. The van der Waals surface area contributed by atoms with E-state index in [-0.39, 0.29) is 42.0 Å². The summed E-state index contributed by atoms with van der Waals surface area (Å²) in [6, 6.07) is 66.2. The first-order valence-corrected chi connectivity index (χ1v) is 14.2. The molecule has 0 saturated heterocycles. The van der Waals surface area contributed by atoms with Crippen molar-refractivity contribution in [2.24, 2.45) is 0 Å². The second-order valence-electron chi connectivity index (χ2n) is 9.70. The normalized spacial score (nSPS) is 10.7. The summed E-state index contributed by atoms with van der Waals surface area (Å²) in [6.45, 7) is 4.00. The molecule has 0 unspecified atom stereocenters. The number of hydrogen-bond donors (Lipinski definition) is 0. The van der Waals surface area contributed by atoms with E-state index in [9.17, 15) is 0 Å². The Balaban J connectivity index is 0.00000119. The van der Waals surface area contributed by atoms with Gasteiger partial charge in [-0.1, -0.05) is 196 Å². The second kappa shape index (κ2) is 15.7. The van der Waals surface area contributed by atoms with Crippen molar-refractivity contribution in [1.29, 1.82) is 0 Å². The molecule has 0 heterocycles. The van der Waals surface area contributed by atoms with E-state index in [1.54, 1.807) is 0 Å². The minimum Gasteiger partial charge on any atom is -1.00 e. The fourth-order valence-electron chi connectivity index (χ4n) is 6.43. The molecule has 0 fully saturated rings. The van der Waals surface area contributed by atoms with Gasteiger partial charge in [-0.15, -0.1) is 0 Å². The van der Waals surface area contributed by atoms with Gasteiger partial charge in [0.2, 0.25) is 0 Å². The van der Waals surface area contributed by atoms with Crippen molar-refractivity contribution in [2.75, 3.05) is 0 Å². The molecule has 204 valence electrons. The van der Waals surface area contributed by atoms with Gasteiger partial charge in [-0.05, 0) is 33.4 Å². The number of halogens is 1. The molecule has 6 rings (SSSR count). The standard InChI is InChI=1S/C38H30.C2H6.ClH.Na/c1-7-19-31(20-8-1)37(32-21-9-2-10-22-32,33-23-11-3-12-24-33)38(34-25-13-4-14-26-34,35-27-15-5-16-28-35)36-29-17-6-18-30-36;1-2;;/h1-30H;1-2H3;1H;/q;;;+1/p-1. The number of benzene rings is 6. The molecule has 0 aliphatic heterocycles.